The van der Waals surface area contributed by atoms with Crippen LogP contribution in [0.1, 0.15) is 48.3 Å². The lowest BCUT2D eigenvalue weighted by Gasteiger charge is -2.35. The topological polar surface area (TPSA) is 92.5 Å². The standard InChI is InChI=1S/C23H30ClN3O3S/c1-26-15-18-13-16(14-23(25)28)3-12-22(18)17-4-8-20(9-5-17)27(2)31(29,30)21-10-6-19(24)7-11-21/h3,6-7,10-13,17,20,26H,4-5,8-9,14-15H2,1-2H3,(H2,25,28)/t17-,20-. The Bertz CT molecular complexity index is 1020. The van der Waals surface area contributed by atoms with Crippen LogP contribution < -0.4 is 11.1 Å². The van der Waals surface area contributed by atoms with Crippen LogP contribution in [0.4, 0.5) is 0 Å². The molecule has 3 N–H and O–H groups in total. The number of hydrogen-bond donors (Lipinski definition) is 2. The number of nitrogens with two attached hydrogens (primary N) is 1. The van der Waals surface area contributed by atoms with Crippen molar-refractivity contribution >= 4 is 27.5 Å². The van der Waals surface area contributed by atoms with E-state index in [1.807, 2.05) is 13.1 Å². The first-order chi connectivity index (χ1) is 14.7. The molecule has 8 heteroatoms. The van der Waals surface area contributed by atoms with Gasteiger partial charge >= 0.3 is 0 Å². The number of rotatable bonds is 8. The molecule has 1 saturated carbocycles. The highest BCUT2D eigenvalue weighted by atomic mass is 35.5. The number of benzene rings is 2. The minimum absolute atomic E-state index is 0.0289. The van der Waals surface area contributed by atoms with E-state index in [9.17, 15) is 13.2 Å². The highest BCUT2D eigenvalue weighted by molar-refractivity contribution is 7.89. The molecule has 0 radical (unpaired) electrons. The summed E-state index contributed by atoms with van der Waals surface area (Å²) in [6.07, 6.45) is 3.66. The molecule has 1 fully saturated rings. The van der Waals surface area contributed by atoms with Gasteiger partial charge in [-0.15, -0.1) is 0 Å². The second-order valence-corrected chi connectivity index (χ2v) is 10.6. The Morgan fingerprint density at radius 3 is 2.35 bits per heavy atom. The average Bonchev–Trinajstić information content (AvgIpc) is 2.74. The van der Waals surface area contributed by atoms with E-state index in [4.69, 9.17) is 17.3 Å². The van der Waals surface area contributed by atoms with Crippen LogP contribution >= 0.6 is 11.6 Å². The van der Waals surface area contributed by atoms with Gasteiger partial charge < -0.3 is 11.1 Å². The summed E-state index contributed by atoms with van der Waals surface area (Å²) in [7, 11) is 0.0170. The van der Waals surface area contributed by atoms with Gasteiger partial charge in [-0.25, -0.2) is 8.42 Å². The Balaban J connectivity index is 1.71. The number of primary amides is 1. The quantitative estimate of drug-likeness (QED) is 0.627. The maximum Gasteiger partial charge on any atom is 0.243 e. The molecule has 2 aromatic rings. The second kappa shape index (κ2) is 10.1. The Hall–Kier alpha value is -1.93. The van der Waals surface area contributed by atoms with Gasteiger partial charge in [0.1, 0.15) is 0 Å². The summed E-state index contributed by atoms with van der Waals surface area (Å²) in [5, 5.41) is 3.72. The van der Waals surface area contributed by atoms with Crippen molar-refractivity contribution in [3.63, 3.8) is 0 Å². The van der Waals surface area contributed by atoms with Gasteiger partial charge in [0.25, 0.3) is 0 Å². The maximum atomic E-state index is 13.0. The summed E-state index contributed by atoms with van der Waals surface area (Å²) in [4.78, 5) is 11.5. The Morgan fingerprint density at radius 1 is 1.13 bits per heavy atom. The predicted molar refractivity (Wildman–Crippen MR) is 124 cm³/mol. The van der Waals surface area contributed by atoms with Crippen LogP contribution in [0.2, 0.25) is 5.02 Å². The van der Waals surface area contributed by atoms with E-state index in [0.29, 0.717) is 17.5 Å². The largest absolute Gasteiger partial charge is 0.369 e. The van der Waals surface area contributed by atoms with Crippen LogP contribution in [0.3, 0.4) is 0 Å². The van der Waals surface area contributed by atoms with Gasteiger partial charge in [0, 0.05) is 24.7 Å². The van der Waals surface area contributed by atoms with E-state index in [0.717, 1.165) is 31.2 Å². The predicted octanol–water partition coefficient (Wildman–Crippen LogP) is 3.43. The monoisotopic (exact) mass is 463 g/mol. The zero-order valence-electron chi connectivity index (χ0n) is 18.0. The van der Waals surface area contributed by atoms with Crippen LogP contribution in [-0.2, 0) is 27.8 Å². The van der Waals surface area contributed by atoms with Crippen molar-refractivity contribution in [2.24, 2.45) is 5.73 Å². The van der Waals surface area contributed by atoms with Crippen molar-refractivity contribution in [2.45, 2.75) is 55.5 Å². The van der Waals surface area contributed by atoms with Gasteiger partial charge in [-0.1, -0.05) is 29.8 Å². The number of carbonyl (C=O) groups excluding carboxylic acids is 1. The Kier molecular flexibility index (Phi) is 7.75. The van der Waals surface area contributed by atoms with Crippen molar-refractivity contribution in [2.75, 3.05) is 14.1 Å². The molecule has 31 heavy (non-hydrogen) atoms. The van der Waals surface area contributed by atoms with Crippen LogP contribution in [0.5, 0.6) is 0 Å². The molecule has 1 aliphatic rings. The van der Waals surface area contributed by atoms with Gasteiger partial charge in [-0.3, -0.25) is 4.79 Å². The molecule has 0 bridgehead atoms. The summed E-state index contributed by atoms with van der Waals surface area (Å²) in [5.41, 5.74) is 8.70. The van der Waals surface area contributed by atoms with Crippen molar-refractivity contribution in [1.29, 1.82) is 0 Å². The molecular weight excluding hydrogens is 434 g/mol. The van der Waals surface area contributed by atoms with Crippen LogP contribution in [0.25, 0.3) is 0 Å². The normalized spacial score (nSPS) is 19.5. The van der Waals surface area contributed by atoms with Crippen LogP contribution in [-0.4, -0.2) is 38.8 Å². The molecule has 3 rings (SSSR count). The van der Waals surface area contributed by atoms with Crippen molar-refractivity contribution in [3.05, 3.63) is 64.2 Å². The lowest BCUT2D eigenvalue weighted by atomic mass is 9.79. The molecule has 0 heterocycles. The second-order valence-electron chi connectivity index (χ2n) is 8.19. The van der Waals surface area contributed by atoms with E-state index in [2.05, 4.69) is 17.4 Å². The fourth-order valence-electron chi connectivity index (χ4n) is 4.43. The number of sulfonamides is 1. The van der Waals surface area contributed by atoms with Crippen molar-refractivity contribution in [3.8, 4) is 0 Å². The summed E-state index contributed by atoms with van der Waals surface area (Å²) in [6, 6.07) is 12.4. The highest BCUT2D eigenvalue weighted by Crippen LogP contribution is 2.37. The lowest BCUT2D eigenvalue weighted by molar-refractivity contribution is -0.117. The van der Waals surface area contributed by atoms with Crippen molar-refractivity contribution < 1.29 is 13.2 Å². The number of hydrogen-bond acceptors (Lipinski definition) is 4. The molecule has 0 spiro atoms. The van der Waals surface area contributed by atoms with Crippen molar-refractivity contribution in [1.82, 2.24) is 9.62 Å². The molecule has 6 nitrogen and oxygen atoms in total. The first kappa shape index (κ1) is 23.7. The summed E-state index contributed by atoms with van der Waals surface area (Å²) in [6.45, 7) is 0.715. The lowest BCUT2D eigenvalue weighted by Crippen LogP contribution is -2.39. The Morgan fingerprint density at radius 2 is 1.77 bits per heavy atom. The summed E-state index contributed by atoms with van der Waals surface area (Å²) >= 11 is 5.90. The van der Waals surface area contributed by atoms with Gasteiger partial charge in [0.05, 0.1) is 11.3 Å². The van der Waals surface area contributed by atoms with Gasteiger partial charge in [0.15, 0.2) is 0 Å². The summed E-state index contributed by atoms with van der Waals surface area (Å²) < 4.78 is 27.5. The minimum atomic E-state index is -3.55. The van der Waals surface area contributed by atoms with Crippen LogP contribution in [0.15, 0.2) is 47.4 Å². The molecule has 0 aliphatic heterocycles. The third-order valence-corrected chi connectivity index (χ3v) is 8.27. The average molecular weight is 464 g/mol. The third kappa shape index (κ3) is 5.66. The van der Waals surface area contributed by atoms with E-state index < -0.39 is 10.0 Å². The number of halogens is 1. The number of nitrogens with one attached hydrogen (secondary N) is 1. The Labute approximate surface area is 189 Å². The van der Waals surface area contributed by atoms with Crippen LogP contribution in [0, 0.1) is 0 Å². The van der Waals surface area contributed by atoms with Gasteiger partial charge in [-0.2, -0.15) is 4.31 Å². The fourth-order valence-corrected chi connectivity index (χ4v) is 5.97. The third-order valence-electron chi connectivity index (χ3n) is 6.09. The zero-order chi connectivity index (χ0) is 22.6. The molecule has 0 atom stereocenters. The molecule has 168 valence electrons. The smallest absolute Gasteiger partial charge is 0.243 e. The minimum Gasteiger partial charge on any atom is -0.369 e. The number of nitrogens with zero attached hydrogens (tertiary/aromatic N) is 1. The first-order valence-electron chi connectivity index (χ1n) is 10.5. The summed E-state index contributed by atoms with van der Waals surface area (Å²) in [5.74, 6) is 0.0301. The molecule has 0 unspecified atom stereocenters. The fraction of sp³-hybridized carbons (Fsp3) is 0.435. The molecule has 0 aromatic heterocycles. The van der Waals surface area contributed by atoms with E-state index in [-0.39, 0.29) is 23.3 Å². The van der Waals surface area contributed by atoms with Gasteiger partial charge in [0.2, 0.25) is 15.9 Å². The first-order valence-corrected chi connectivity index (χ1v) is 12.3. The molecular formula is C23H30ClN3O3S. The van der Waals surface area contributed by atoms with Gasteiger partial charge in [-0.05, 0) is 79.6 Å². The SMILES string of the molecule is CNCc1cc(CC(N)=O)ccc1[C@H]1CC[C@H](N(C)S(=O)(=O)c2ccc(Cl)cc2)CC1. The van der Waals surface area contributed by atoms with E-state index >= 15 is 0 Å². The maximum absolute atomic E-state index is 13.0. The zero-order valence-corrected chi connectivity index (χ0v) is 19.5. The van der Waals surface area contributed by atoms with E-state index in [1.54, 1.807) is 31.3 Å². The highest BCUT2D eigenvalue weighted by Gasteiger charge is 2.32. The molecule has 1 aliphatic carbocycles. The molecule has 1 amide bonds. The molecule has 0 saturated heterocycles. The number of amides is 1. The molecule has 2 aromatic carbocycles. The van der Waals surface area contributed by atoms with E-state index in [1.165, 1.54) is 15.4 Å². The number of carbonyl (C=O) groups is 1.